The van der Waals surface area contributed by atoms with Gasteiger partial charge in [-0.3, -0.25) is 13.8 Å². The summed E-state index contributed by atoms with van der Waals surface area (Å²) in [4.78, 5) is 12.8. The van der Waals surface area contributed by atoms with Crippen molar-refractivity contribution in [2.75, 3.05) is 6.54 Å². The van der Waals surface area contributed by atoms with Gasteiger partial charge in [-0.25, -0.2) is 9.48 Å². The van der Waals surface area contributed by atoms with Gasteiger partial charge in [0.1, 0.15) is 5.56 Å². The number of nitrogens with zero attached hydrogens (tertiary/aromatic N) is 6. The molecule has 3 heterocycles. The van der Waals surface area contributed by atoms with Crippen molar-refractivity contribution in [1.82, 2.24) is 29.1 Å². The van der Waals surface area contributed by atoms with Gasteiger partial charge in [0.15, 0.2) is 0 Å². The van der Waals surface area contributed by atoms with Crippen LogP contribution in [0.3, 0.4) is 0 Å². The number of fused-ring (bicyclic) bond motifs is 1. The van der Waals surface area contributed by atoms with E-state index in [1.807, 2.05) is 73.9 Å². The zero-order valence-corrected chi connectivity index (χ0v) is 27.2. The summed E-state index contributed by atoms with van der Waals surface area (Å²) in [6.07, 6.45) is 4.86. The third kappa shape index (κ3) is 5.72. The summed E-state index contributed by atoms with van der Waals surface area (Å²) in [5.74, 6) is -0.691. The first kappa shape index (κ1) is 29.9. The lowest BCUT2D eigenvalue weighted by atomic mass is 10.0. The second kappa shape index (κ2) is 11.5. The fourth-order valence-electron chi connectivity index (χ4n) is 6.45. The lowest BCUT2D eigenvalue weighted by Gasteiger charge is -2.43. The van der Waals surface area contributed by atoms with Gasteiger partial charge < -0.3 is 5.11 Å². The van der Waals surface area contributed by atoms with Crippen LogP contribution in [0.5, 0.6) is 0 Å². The first-order chi connectivity index (χ1) is 21.6. The van der Waals surface area contributed by atoms with Crippen LogP contribution in [0, 0.1) is 5.92 Å². The van der Waals surface area contributed by atoms with Crippen molar-refractivity contribution in [3.05, 3.63) is 112 Å². The number of hydrogen-bond acceptors (Lipinski definition) is 7. The highest BCUT2D eigenvalue weighted by Gasteiger charge is 2.46. The Balaban J connectivity index is 1.19. The van der Waals surface area contributed by atoms with Crippen LogP contribution < -0.4 is 0 Å². The normalized spacial score (nSPS) is 21.6. The maximum atomic E-state index is 12.2. The predicted octanol–water partition coefficient (Wildman–Crippen LogP) is 7.12. The molecule has 232 valence electrons. The van der Waals surface area contributed by atoms with Gasteiger partial charge in [0.2, 0.25) is 0 Å². The van der Waals surface area contributed by atoms with Crippen LogP contribution in [-0.2, 0) is 20.0 Å². The molecule has 0 spiro atoms. The zero-order chi connectivity index (χ0) is 31.5. The van der Waals surface area contributed by atoms with Crippen molar-refractivity contribution in [3.63, 3.8) is 0 Å². The number of aromatic nitrogens is 5. The Hall–Kier alpha value is -3.81. The summed E-state index contributed by atoms with van der Waals surface area (Å²) in [7, 11) is -1.38. The third-order valence-electron chi connectivity index (χ3n) is 8.66. The van der Waals surface area contributed by atoms with Crippen molar-refractivity contribution >= 4 is 32.7 Å². The molecule has 2 aromatic heterocycles. The van der Waals surface area contributed by atoms with Crippen LogP contribution in [-0.4, -0.2) is 55.8 Å². The number of aromatic carboxylic acids is 1. The average molecular weight is 690 g/mol. The molecule has 0 amide bonds. The molecule has 3 aromatic carbocycles. The van der Waals surface area contributed by atoms with E-state index in [4.69, 9.17) is 0 Å². The Morgan fingerprint density at radius 2 is 1.82 bits per heavy atom. The van der Waals surface area contributed by atoms with Gasteiger partial charge in [0, 0.05) is 42.6 Å². The topological polar surface area (TPSA) is 130 Å². The highest BCUT2D eigenvalue weighted by Crippen LogP contribution is 2.57. The number of carboxylic acids is 1. The monoisotopic (exact) mass is 688 g/mol. The number of aryl methyl sites for hydroxylation is 1. The molecule has 1 unspecified atom stereocenters. The predicted molar refractivity (Wildman–Crippen MR) is 176 cm³/mol. The van der Waals surface area contributed by atoms with Crippen molar-refractivity contribution in [2.45, 2.75) is 43.0 Å². The van der Waals surface area contributed by atoms with Crippen molar-refractivity contribution in [3.8, 4) is 16.8 Å². The molecule has 45 heavy (non-hydrogen) atoms. The summed E-state index contributed by atoms with van der Waals surface area (Å²) < 4.78 is 29.0. The van der Waals surface area contributed by atoms with Crippen LogP contribution in [0.4, 0.5) is 0 Å². The number of carboxylic acid groups (broad SMARTS) is 1. The first-order valence-corrected chi connectivity index (χ1v) is 17.1. The second-order valence-corrected chi connectivity index (χ2v) is 15.0. The SMILES string of the molecule is CC1Cc2ccc(Br)cc2S(O)(O)N(Cc2cccc(-c3cccc(-n4ncc(C(=O)O)c4[C@@H]4C[C@H]4c4cn(C)nn4)c3)c2)C1. The standard InChI is InChI=1S/C33H33BrN6O4S/c1-20-11-24-9-10-25(34)14-31(24)45(43,44)39(17-20)18-21-5-3-6-22(12-21)23-7-4-8-26(13-23)40-32(29(16-35-40)33(41)42)28-15-27(28)30-19-38(2)37-36-30/h3-10,12-14,16,19-20,27-28,43-44H,11,15,17-18H2,1-2H3,(H,41,42)/t20?,27-,28-/m1/s1. The molecule has 3 N–H and O–H groups in total. The van der Waals surface area contributed by atoms with E-state index in [-0.39, 0.29) is 23.3 Å². The molecule has 1 aliphatic heterocycles. The summed E-state index contributed by atoms with van der Waals surface area (Å²) in [5.41, 5.74) is 6.31. The minimum absolute atomic E-state index is 0.0243. The fourth-order valence-corrected chi connectivity index (χ4v) is 8.82. The molecule has 10 nitrogen and oxygen atoms in total. The molecular weight excluding hydrogens is 656 g/mol. The Morgan fingerprint density at radius 1 is 1.04 bits per heavy atom. The van der Waals surface area contributed by atoms with E-state index in [9.17, 15) is 19.0 Å². The summed E-state index contributed by atoms with van der Waals surface area (Å²) >= 11 is 3.50. The second-order valence-electron chi connectivity index (χ2n) is 12.1. The Bertz CT molecular complexity index is 1920. The average Bonchev–Trinajstić information content (AvgIpc) is 3.48. The quantitative estimate of drug-likeness (QED) is 0.165. The third-order valence-corrected chi connectivity index (χ3v) is 11.1. The Labute approximate surface area is 270 Å². The van der Waals surface area contributed by atoms with E-state index in [1.54, 1.807) is 13.7 Å². The number of carbonyl (C=O) groups is 1. The zero-order valence-electron chi connectivity index (χ0n) is 24.8. The number of hydrogen-bond donors (Lipinski definition) is 3. The van der Waals surface area contributed by atoms with Crippen LogP contribution in [0.15, 0.2) is 88.5 Å². The van der Waals surface area contributed by atoms with Crippen molar-refractivity contribution in [1.29, 1.82) is 0 Å². The van der Waals surface area contributed by atoms with Gasteiger partial charge in [0.05, 0.1) is 28.2 Å². The molecular formula is C33H33BrN6O4S. The van der Waals surface area contributed by atoms with Crippen LogP contribution in [0.25, 0.3) is 16.8 Å². The molecule has 1 aliphatic carbocycles. The van der Waals surface area contributed by atoms with Gasteiger partial charge in [0.25, 0.3) is 0 Å². The minimum Gasteiger partial charge on any atom is -0.478 e. The van der Waals surface area contributed by atoms with Gasteiger partial charge in [-0.1, -0.05) is 64.5 Å². The van der Waals surface area contributed by atoms with Crippen LogP contribution in [0.2, 0.25) is 0 Å². The fraction of sp³-hybridized carbons (Fsp3) is 0.273. The lowest BCUT2D eigenvalue weighted by molar-refractivity contribution is 0.0695. The van der Waals surface area contributed by atoms with Crippen LogP contribution >= 0.6 is 26.7 Å². The van der Waals surface area contributed by atoms with E-state index in [0.29, 0.717) is 23.7 Å². The molecule has 2 aliphatic rings. The maximum absolute atomic E-state index is 12.2. The molecule has 0 saturated heterocycles. The Morgan fingerprint density at radius 3 is 2.58 bits per heavy atom. The largest absolute Gasteiger partial charge is 0.478 e. The van der Waals surface area contributed by atoms with Gasteiger partial charge in [-0.05, 0) is 71.3 Å². The summed E-state index contributed by atoms with van der Waals surface area (Å²) in [5, 5.41) is 22.8. The maximum Gasteiger partial charge on any atom is 0.339 e. The number of benzene rings is 3. The van der Waals surface area contributed by atoms with Crippen LogP contribution in [0.1, 0.15) is 58.1 Å². The Kier molecular flexibility index (Phi) is 7.65. The van der Waals surface area contributed by atoms with E-state index in [2.05, 4.69) is 44.3 Å². The minimum atomic E-state index is -3.19. The van der Waals surface area contributed by atoms with Crippen molar-refractivity contribution < 1.29 is 19.0 Å². The number of rotatable bonds is 7. The van der Waals surface area contributed by atoms with E-state index in [1.165, 1.54) is 6.20 Å². The molecule has 1 saturated carbocycles. The van der Waals surface area contributed by atoms with Gasteiger partial charge in [-0.2, -0.15) is 9.40 Å². The molecule has 12 heteroatoms. The summed E-state index contributed by atoms with van der Waals surface area (Å²) in [6.45, 7) is 3.07. The van der Waals surface area contributed by atoms with E-state index in [0.717, 1.165) is 50.9 Å². The van der Waals surface area contributed by atoms with E-state index >= 15 is 0 Å². The molecule has 7 rings (SSSR count). The van der Waals surface area contributed by atoms with Gasteiger partial charge in [-0.15, -0.1) is 15.9 Å². The summed E-state index contributed by atoms with van der Waals surface area (Å²) in [6, 6.07) is 21.7. The van der Waals surface area contributed by atoms with Crippen molar-refractivity contribution in [2.24, 2.45) is 13.0 Å². The van der Waals surface area contributed by atoms with E-state index < -0.39 is 16.7 Å². The number of halogens is 1. The first-order valence-electron chi connectivity index (χ1n) is 14.8. The lowest BCUT2D eigenvalue weighted by Crippen LogP contribution is -2.30. The smallest absolute Gasteiger partial charge is 0.339 e. The highest BCUT2D eigenvalue weighted by molar-refractivity contribution is 9.10. The molecule has 0 radical (unpaired) electrons. The molecule has 3 atom stereocenters. The molecule has 1 fully saturated rings. The highest BCUT2D eigenvalue weighted by atomic mass is 79.9. The molecule has 0 bridgehead atoms. The molecule has 5 aromatic rings. The van der Waals surface area contributed by atoms with Gasteiger partial charge >= 0.3 is 5.97 Å².